The molecule has 0 unspecified atom stereocenters. The summed E-state index contributed by atoms with van der Waals surface area (Å²) in [6.45, 7) is 0.520. The molecule has 0 radical (unpaired) electrons. The molecule has 6 heteroatoms. The largest absolute Gasteiger partial charge is 0.493 e. The van der Waals surface area contributed by atoms with Gasteiger partial charge in [-0.1, -0.05) is 11.6 Å². The fourth-order valence-corrected chi connectivity index (χ4v) is 3.15. The summed E-state index contributed by atoms with van der Waals surface area (Å²) in [5.41, 5.74) is 1.63. The highest BCUT2D eigenvalue weighted by atomic mass is 35.5. The molecule has 1 atom stereocenters. The third kappa shape index (κ3) is 3.04. The summed E-state index contributed by atoms with van der Waals surface area (Å²) >= 11 is 6.11. The van der Waals surface area contributed by atoms with Crippen LogP contribution in [0.25, 0.3) is 0 Å². The van der Waals surface area contributed by atoms with Crippen molar-refractivity contribution < 1.29 is 9.53 Å². The molecular formula is C18H20ClN3O2. The number of halogens is 1. The molecular weight excluding hydrogens is 326 g/mol. The summed E-state index contributed by atoms with van der Waals surface area (Å²) in [4.78, 5) is 21.1. The Morgan fingerprint density at radius 2 is 2.08 bits per heavy atom. The molecule has 2 heterocycles. The number of benzene rings is 1. The van der Waals surface area contributed by atoms with Crippen molar-refractivity contribution in [3.63, 3.8) is 0 Å². The third-order valence-corrected chi connectivity index (χ3v) is 4.43. The van der Waals surface area contributed by atoms with Gasteiger partial charge in [0.2, 0.25) is 5.91 Å². The standard InChI is InChI=1S/C18H20ClN3O2/c1-21(2)17-15(5-4-9-20-17)22(3)18(23)13-8-10-24-16-7-6-12(19)11-14(13)16/h4-7,9,11,13H,8,10H2,1-3H3/t13-/m1/s1. The maximum Gasteiger partial charge on any atom is 0.234 e. The maximum absolute atomic E-state index is 13.1. The predicted octanol–water partition coefficient (Wildman–Crippen LogP) is 3.33. The first-order chi connectivity index (χ1) is 11.5. The predicted molar refractivity (Wildman–Crippen MR) is 96.3 cm³/mol. The number of rotatable bonds is 3. The molecule has 0 spiro atoms. The van der Waals surface area contributed by atoms with E-state index >= 15 is 0 Å². The molecule has 5 nitrogen and oxygen atoms in total. The van der Waals surface area contributed by atoms with Crippen molar-refractivity contribution in [2.45, 2.75) is 12.3 Å². The van der Waals surface area contributed by atoms with Crippen LogP contribution in [0.3, 0.4) is 0 Å². The Kier molecular flexibility index (Phi) is 4.62. The molecule has 1 aliphatic heterocycles. The Morgan fingerprint density at radius 3 is 2.83 bits per heavy atom. The zero-order valence-corrected chi connectivity index (χ0v) is 14.7. The number of aromatic nitrogens is 1. The van der Waals surface area contributed by atoms with Crippen LogP contribution < -0.4 is 14.5 Å². The average molecular weight is 346 g/mol. The number of nitrogens with zero attached hydrogens (tertiary/aromatic N) is 3. The molecule has 0 saturated heterocycles. The van der Waals surface area contributed by atoms with Gasteiger partial charge in [0.05, 0.1) is 18.2 Å². The van der Waals surface area contributed by atoms with E-state index in [9.17, 15) is 4.79 Å². The lowest BCUT2D eigenvalue weighted by Gasteiger charge is -2.30. The number of pyridine rings is 1. The van der Waals surface area contributed by atoms with Crippen LogP contribution in [0.15, 0.2) is 36.5 Å². The van der Waals surface area contributed by atoms with E-state index < -0.39 is 0 Å². The number of fused-ring (bicyclic) bond motifs is 1. The van der Waals surface area contributed by atoms with E-state index in [1.165, 1.54) is 0 Å². The van der Waals surface area contributed by atoms with Crippen LogP contribution in [-0.4, -0.2) is 38.6 Å². The molecule has 1 aromatic heterocycles. The number of carbonyl (C=O) groups excluding carboxylic acids is 1. The van der Waals surface area contributed by atoms with E-state index in [0.717, 1.165) is 22.8 Å². The van der Waals surface area contributed by atoms with Crippen LogP contribution in [-0.2, 0) is 4.79 Å². The molecule has 1 aliphatic rings. The molecule has 2 aromatic rings. The lowest BCUT2D eigenvalue weighted by Crippen LogP contribution is -2.35. The second-order valence-corrected chi connectivity index (χ2v) is 6.45. The van der Waals surface area contributed by atoms with Crippen molar-refractivity contribution in [2.75, 3.05) is 37.5 Å². The van der Waals surface area contributed by atoms with Gasteiger partial charge in [-0.2, -0.15) is 0 Å². The summed E-state index contributed by atoms with van der Waals surface area (Å²) in [6, 6.07) is 9.16. The second kappa shape index (κ2) is 6.69. The summed E-state index contributed by atoms with van der Waals surface area (Å²) in [5, 5.41) is 0.607. The quantitative estimate of drug-likeness (QED) is 0.856. The van der Waals surface area contributed by atoms with E-state index in [-0.39, 0.29) is 11.8 Å². The highest BCUT2D eigenvalue weighted by molar-refractivity contribution is 6.30. The van der Waals surface area contributed by atoms with Crippen molar-refractivity contribution in [1.29, 1.82) is 0 Å². The zero-order valence-electron chi connectivity index (χ0n) is 14.0. The Balaban J connectivity index is 1.95. The number of carbonyl (C=O) groups is 1. The summed E-state index contributed by atoms with van der Waals surface area (Å²) < 4.78 is 5.66. The lowest BCUT2D eigenvalue weighted by molar-refractivity contribution is -0.120. The molecule has 1 amide bonds. The fraction of sp³-hybridized carbons (Fsp3) is 0.333. The van der Waals surface area contributed by atoms with Crippen LogP contribution in [0.5, 0.6) is 5.75 Å². The number of ether oxygens (including phenoxy) is 1. The van der Waals surface area contributed by atoms with Gasteiger partial charge in [-0.05, 0) is 36.8 Å². The molecule has 0 aliphatic carbocycles. The Hall–Kier alpha value is -2.27. The van der Waals surface area contributed by atoms with Gasteiger partial charge in [0.1, 0.15) is 5.75 Å². The van der Waals surface area contributed by atoms with Crippen molar-refractivity contribution in [3.05, 3.63) is 47.1 Å². The number of amides is 1. The van der Waals surface area contributed by atoms with E-state index in [4.69, 9.17) is 16.3 Å². The van der Waals surface area contributed by atoms with Gasteiger partial charge in [0, 0.05) is 37.9 Å². The number of anilines is 2. The van der Waals surface area contributed by atoms with Crippen LogP contribution in [0.4, 0.5) is 11.5 Å². The van der Waals surface area contributed by atoms with Crippen molar-refractivity contribution in [1.82, 2.24) is 4.98 Å². The summed E-state index contributed by atoms with van der Waals surface area (Å²) in [7, 11) is 5.60. The van der Waals surface area contributed by atoms with Gasteiger partial charge in [0.25, 0.3) is 0 Å². The highest BCUT2D eigenvalue weighted by Crippen LogP contribution is 2.37. The number of likely N-dealkylation sites (N-methyl/N-ethyl adjacent to an activating group) is 1. The van der Waals surface area contributed by atoms with Crippen molar-refractivity contribution in [2.24, 2.45) is 0 Å². The minimum Gasteiger partial charge on any atom is -0.493 e. The average Bonchev–Trinajstić information content (AvgIpc) is 2.59. The normalized spacial score (nSPS) is 16.1. The van der Waals surface area contributed by atoms with E-state index in [1.807, 2.05) is 43.3 Å². The van der Waals surface area contributed by atoms with E-state index in [0.29, 0.717) is 18.1 Å². The van der Waals surface area contributed by atoms with Gasteiger partial charge in [-0.15, -0.1) is 0 Å². The van der Waals surface area contributed by atoms with E-state index in [2.05, 4.69) is 4.98 Å². The molecule has 0 bridgehead atoms. The first kappa shape index (κ1) is 16.6. The van der Waals surface area contributed by atoms with Gasteiger partial charge < -0.3 is 14.5 Å². The lowest BCUT2D eigenvalue weighted by atomic mass is 9.91. The van der Waals surface area contributed by atoms with E-state index in [1.54, 1.807) is 24.2 Å². The van der Waals surface area contributed by atoms with Crippen molar-refractivity contribution >= 4 is 29.0 Å². The Morgan fingerprint density at radius 1 is 1.29 bits per heavy atom. The third-order valence-electron chi connectivity index (χ3n) is 4.19. The monoisotopic (exact) mass is 345 g/mol. The molecule has 3 rings (SSSR count). The SMILES string of the molecule is CN(C)c1ncccc1N(C)C(=O)[C@@H]1CCOc2ccc(Cl)cc21. The van der Waals surface area contributed by atoms with Gasteiger partial charge >= 0.3 is 0 Å². The van der Waals surface area contributed by atoms with Gasteiger partial charge in [0.15, 0.2) is 5.82 Å². The minimum absolute atomic E-state index is 0.0120. The molecule has 1 aromatic carbocycles. The smallest absolute Gasteiger partial charge is 0.234 e. The fourth-order valence-electron chi connectivity index (χ4n) is 2.97. The van der Waals surface area contributed by atoms with Crippen LogP contribution in [0.1, 0.15) is 17.9 Å². The topological polar surface area (TPSA) is 45.7 Å². The molecule has 24 heavy (non-hydrogen) atoms. The van der Waals surface area contributed by atoms with Gasteiger partial charge in [-0.3, -0.25) is 4.79 Å². The molecule has 0 N–H and O–H groups in total. The van der Waals surface area contributed by atoms with Gasteiger partial charge in [-0.25, -0.2) is 4.98 Å². The Labute approximate surface area is 146 Å². The highest BCUT2D eigenvalue weighted by Gasteiger charge is 2.31. The van der Waals surface area contributed by atoms with Crippen LogP contribution in [0, 0.1) is 0 Å². The molecule has 126 valence electrons. The minimum atomic E-state index is -0.271. The zero-order chi connectivity index (χ0) is 17.3. The molecule has 0 saturated carbocycles. The second-order valence-electron chi connectivity index (χ2n) is 6.01. The Bertz CT molecular complexity index is 764. The maximum atomic E-state index is 13.1. The molecule has 0 fully saturated rings. The number of hydrogen-bond acceptors (Lipinski definition) is 4. The number of hydrogen-bond donors (Lipinski definition) is 0. The van der Waals surface area contributed by atoms with Crippen molar-refractivity contribution in [3.8, 4) is 5.75 Å². The van der Waals surface area contributed by atoms with Crippen LogP contribution >= 0.6 is 11.6 Å². The van der Waals surface area contributed by atoms with Crippen LogP contribution in [0.2, 0.25) is 5.02 Å². The summed E-state index contributed by atoms with van der Waals surface area (Å²) in [5.74, 6) is 1.23. The summed E-state index contributed by atoms with van der Waals surface area (Å²) in [6.07, 6.45) is 2.36. The first-order valence-corrected chi connectivity index (χ1v) is 8.19. The first-order valence-electron chi connectivity index (χ1n) is 7.81.